The van der Waals surface area contributed by atoms with E-state index < -0.39 is 0 Å². The third-order valence-electron chi connectivity index (χ3n) is 3.51. The Kier molecular flexibility index (Phi) is 6.49. The molecule has 0 nitrogen and oxygen atoms in total. The molecule has 0 saturated heterocycles. The molecule has 122 valence electrons. The highest BCUT2D eigenvalue weighted by Gasteiger charge is 2.14. The molecule has 0 saturated carbocycles. The van der Waals surface area contributed by atoms with E-state index in [-0.39, 0.29) is 0 Å². The van der Waals surface area contributed by atoms with Crippen molar-refractivity contribution in [3.8, 4) is 0 Å². The quantitative estimate of drug-likeness (QED) is 0.269. The van der Waals surface area contributed by atoms with E-state index in [0.29, 0.717) is 0 Å². The van der Waals surface area contributed by atoms with E-state index in [9.17, 15) is 0 Å². The van der Waals surface area contributed by atoms with E-state index in [2.05, 4.69) is 87.9 Å². The van der Waals surface area contributed by atoms with Crippen molar-refractivity contribution in [1.82, 2.24) is 0 Å². The first-order valence-electron chi connectivity index (χ1n) is 7.82. The molecule has 0 atom stereocenters. The van der Waals surface area contributed by atoms with Crippen LogP contribution < -0.4 is 0 Å². The molecule has 0 aliphatic carbocycles. The normalized spacial score (nSPS) is 10.6. The fourth-order valence-corrected chi connectivity index (χ4v) is 7.30. The van der Waals surface area contributed by atoms with Crippen LogP contribution in [-0.4, -0.2) is 0 Å². The summed E-state index contributed by atoms with van der Waals surface area (Å²) in [4.78, 5) is 2.68. The SMILES string of the molecule is CC.ISc1sc2cc3ccccc3cc2c1Sc1ccccc1. The highest BCUT2D eigenvalue weighted by atomic mass is 127. The van der Waals surface area contributed by atoms with E-state index in [0.717, 1.165) is 0 Å². The summed E-state index contributed by atoms with van der Waals surface area (Å²) in [6.45, 7) is 4.00. The molecule has 0 amide bonds. The number of rotatable bonds is 3. The molecule has 4 heteroatoms. The molecule has 0 spiro atoms. The maximum atomic E-state index is 2.39. The van der Waals surface area contributed by atoms with Gasteiger partial charge in [0.25, 0.3) is 0 Å². The van der Waals surface area contributed by atoms with Crippen molar-refractivity contribution in [3.63, 3.8) is 0 Å². The molecule has 1 aromatic heterocycles. The van der Waals surface area contributed by atoms with Crippen LogP contribution in [0.2, 0.25) is 0 Å². The van der Waals surface area contributed by atoms with Crippen LogP contribution >= 0.6 is 53.2 Å². The summed E-state index contributed by atoms with van der Waals surface area (Å²) in [5.74, 6) is 0. The zero-order valence-corrected chi connectivity index (χ0v) is 18.1. The van der Waals surface area contributed by atoms with Crippen LogP contribution in [0.4, 0.5) is 0 Å². The zero-order chi connectivity index (χ0) is 16.9. The largest absolute Gasteiger partial charge is 0.127 e. The smallest absolute Gasteiger partial charge is 0.0854 e. The third-order valence-corrected chi connectivity index (χ3v) is 8.92. The lowest BCUT2D eigenvalue weighted by Gasteiger charge is -2.03. The fourth-order valence-electron chi connectivity index (χ4n) is 2.49. The number of fused-ring (bicyclic) bond motifs is 2. The third kappa shape index (κ3) is 3.77. The number of hydrogen-bond donors (Lipinski definition) is 0. The molecule has 4 aromatic rings. The molecular formula is C20H17IS3. The van der Waals surface area contributed by atoms with Gasteiger partial charge in [-0.1, -0.05) is 68.1 Å². The van der Waals surface area contributed by atoms with Crippen molar-refractivity contribution in [2.45, 2.75) is 27.8 Å². The highest BCUT2D eigenvalue weighted by Crippen LogP contribution is 2.48. The van der Waals surface area contributed by atoms with E-state index in [1.807, 2.05) is 45.9 Å². The topological polar surface area (TPSA) is 0 Å². The van der Waals surface area contributed by atoms with Crippen LogP contribution in [0, 0.1) is 0 Å². The second-order valence-electron chi connectivity index (χ2n) is 4.91. The molecule has 0 unspecified atom stereocenters. The molecule has 0 bridgehead atoms. The van der Waals surface area contributed by atoms with Crippen LogP contribution in [-0.2, 0) is 0 Å². The first-order chi connectivity index (χ1) is 11.8. The standard InChI is InChI=1S/C18H11IS3.C2H6/c19-22-18-17(20-14-8-2-1-3-9-14)15-10-12-6-4-5-7-13(12)11-16(15)21-18;1-2/h1-11H;1-2H3. The monoisotopic (exact) mass is 480 g/mol. The minimum atomic E-state index is 1.29. The molecule has 0 N–H and O–H groups in total. The molecule has 0 radical (unpaired) electrons. The molecule has 0 aliphatic heterocycles. The van der Waals surface area contributed by atoms with E-state index in [1.54, 1.807) is 0 Å². The summed E-state index contributed by atoms with van der Waals surface area (Å²) < 4.78 is 2.76. The lowest BCUT2D eigenvalue weighted by atomic mass is 10.1. The molecule has 4 rings (SSSR count). The van der Waals surface area contributed by atoms with Gasteiger partial charge >= 0.3 is 0 Å². The predicted molar refractivity (Wildman–Crippen MR) is 121 cm³/mol. The molecule has 3 aromatic carbocycles. The van der Waals surface area contributed by atoms with Crippen LogP contribution in [0.3, 0.4) is 0 Å². The highest BCUT2D eigenvalue weighted by molar-refractivity contribution is 14.2. The Morgan fingerprint density at radius 2 is 1.46 bits per heavy atom. The Morgan fingerprint density at radius 3 is 2.12 bits per heavy atom. The minimum absolute atomic E-state index is 1.29. The Morgan fingerprint density at radius 1 is 0.833 bits per heavy atom. The van der Waals surface area contributed by atoms with Gasteiger partial charge in [0.2, 0.25) is 0 Å². The van der Waals surface area contributed by atoms with Crippen molar-refractivity contribution in [2.75, 3.05) is 0 Å². The van der Waals surface area contributed by atoms with Crippen LogP contribution in [0.15, 0.2) is 80.7 Å². The summed E-state index contributed by atoms with van der Waals surface area (Å²) in [6, 6.07) is 23.9. The average molecular weight is 480 g/mol. The molecule has 1 heterocycles. The minimum Gasteiger partial charge on any atom is -0.127 e. The van der Waals surface area contributed by atoms with Gasteiger partial charge in [0.05, 0.1) is 4.21 Å². The van der Waals surface area contributed by atoms with Gasteiger partial charge in [-0.15, -0.1) is 11.3 Å². The summed E-state index contributed by atoms with van der Waals surface area (Å²) >= 11 is 6.15. The van der Waals surface area contributed by atoms with Crippen molar-refractivity contribution >= 4 is 74.1 Å². The molecule has 0 fully saturated rings. The van der Waals surface area contributed by atoms with Gasteiger partial charge in [0, 0.05) is 41.1 Å². The van der Waals surface area contributed by atoms with Crippen molar-refractivity contribution in [1.29, 1.82) is 0 Å². The number of halogens is 1. The van der Waals surface area contributed by atoms with Crippen LogP contribution in [0.5, 0.6) is 0 Å². The number of thiophene rings is 1. The van der Waals surface area contributed by atoms with Crippen LogP contribution in [0.25, 0.3) is 20.9 Å². The van der Waals surface area contributed by atoms with E-state index >= 15 is 0 Å². The van der Waals surface area contributed by atoms with E-state index in [4.69, 9.17) is 0 Å². The second kappa shape index (κ2) is 8.61. The Bertz CT molecular complexity index is 945. The molecular weight excluding hydrogens is 463 g/mol. The van der Waals surface area contributed by atoms with Crippen molar-refractivity contribution in [3.05, 3.63) is 66.7 Å². The van der Waals surface area contributed by atoms with Gasteiger partial charge in [0.1, 0.15) is 0 Å². The summed E-state index contributed by atoms with van der Waals surface area (Å²) in [5.41, 5.74) is 0. The predicted octanol–water partition coefficient (Wildman–Crippen LogP) is 8.67. The first kappa shape index (κ1) is 18.1. The molecule has 24 heavy (non-hydrogen) atoms. The summed E-state index contributed by atoms with van der Waals surface area (Å²) in [7, 11) is 1.81. The summed E-state index contributed by atoms with van der Waals surface area (Å²) in [5, 5.41) is 4.00. The fraction of sp³-hybridized carbons (Fsp3) is 0.100. The summed E-state index contributed by atoms with van der Waals surface area (Å²) in [6.07, 6.45) is 0. The van der Waals surface area contributed by atoms with Gasteiger partial charge in [-0.05, 0) is 44.0 Å². The zero-order valence-electron chi connectivity index (χ0n) is 13.5. The maximum Gasteiger partial charge on any atom is 0.0854 e. The Balaban J connectivity index is 0.000000815. The van der Waals surface area contributed by atoms with Crippen LogP contribution in [0.1, 0.15) is 13.8 Å². The maximum absolute atomic E-state index is 2.39. The second-order valence-corrected chi connectivity index (χ2v) is 9.18. The van der Waals surface area contributed by atoms with Gasteiger partial charge < -0.3 is 0 Å². The average Bonchev–Trinajstić information content (AvgIpc) is 2.99. The molecule has 0 aliphatic rings. The van der Waals surface area contributed by atoms with Crippen molar-refractivity contribution in [2.24, 2.45) is 0 Å². The van der Waals surface area contributed by atoms with Gasteiger partial charge in [0.15, 0.2) is 0 Å². The van der Waals surface area contributed by atoms with E-state index in [1.165, 1.54) is 34.9 Å². The van der Waals surface area contributed by atoms with Gasteiger partial charge in [-0.2, -0.15) is 0 Å². The van der Waals surface area contributed by atoms with Gasteiger partial charge in [-0.3, -0.25) is 0 Å². The lowest BCUT2D eigenvalue weighted by Crippen LogP contribution is -1.75. The Hall–Kier alpha value is -0.690. The Labute approximate surface area is 167 Å². The first-order valence-corrected chi connectivity index (χ1v) is 12.8. The number of hydrogen-bond acceptors (Lipinski definition) is 3. The van der Waals surface area contributed by atoms with Crippen molar-refractivity contribution < 1.29 is 0 Å². The lowest BCUT2D eigenvalue weighted by molar-refractivity contribution is 1.40. The van der Waals surface area contributed by atoms with Gasteiger partial charge in [-0.25, -0.2) is 0 Å². The number of benzene rings is 3.